The Labute approximate surface area is 106 Å². The molecule has 6 nitrogen and oxygen atoms in total. The third kappa shape index (κ3) is 3.30. The fraction of sp³-hybridized carbons (Fsp3) is 0.667. The summed E-state index contributed by atoms with van der Waals surface area (Å²) >= 11 is 0. The Morgan fingerprint density at radius 1 is 1.50 bits per heavy atom. The van der Waals surface area contributed by atoms with Crippen molar-refractivity contribution in [2.75, 3.05) is 7.11 Å². The van der Waals surface area contributed by atoms with E-state index in [2.05, 4.69) is 10.5 Å². The lowest BCUT2D eigenvalue weighted by Gasteiger charge is -2.37. The van der Waals surface area contributed by atoms with Crippen molar-refractivity contribution >= 4 is 5.91 Å². The summed E-state index contributed by atoms with van der Waals surface area (Å²) < 4.78 is 9.80. The first-order valence-electron chi connectivity index (χ1n) is 5.67. The minimum atomic E-state index is -1.05. The topological polar surface area (TPSA) is 84.6 Å². The van der Waals surface area contributed by atoms with E-state index in [0.29, 0.717) is 5.76 Å². The van der Waals surface area contributed by atoms with Crippen molar-refractivity contribution < 1.29 is 19.2 Å². The summed E-state index contributed by atoms with van der Waals surface area (Å²) in [7, 11) is 1.53. The number of carbonyl (C=O) groups excluding carboxylic acids is 1. The molecule has 0 radical (unpaired) electrons. The van der Waals surface area contributed by atoms with E-state index < -0.39 is 17.0 Å². The molecule has 0 bridgehead atoms. The molecule has 102 valence electrons. The van der Waals surface area contributed by atoms with E-state index in [1.807, 2.05) is 0 Å². The van der Waals surface area contributed by atoms with Crippen LogP contribution in [0.15, 0.2) is 10.6 Å². The molecule has 0 atom stereocenters. The Kier molecular flexibility index (Phi) is 4.13. The number of carbonyl (C=O) groups is 1. The highest BCUT2D eigenvalue weighted by Crippen LogP contribution is 2.21. The van der Waals surface area contributed by atoms with Crippen LogP contribution in [-0.4, -0.2) is 34.4 Å². The standard InChI is InChI=1S/C12H20N2O4/c1-11(2,12(3,4)16)13-10(15)9-6-8(7-17-5)18-14-9/h6,16H,7H2,1-5H3,(H,13,15). The van der Waals surface area contributed by atoms with E-state index >= 15 is 0 Å². The van der Waals surface area contributed by atoms with Gasteiger partial charge in [-0.05, 0) is 27.7 Å². The van der Waals surface area contributed by atoms with Crippen molar-refractivity contribution in [2.45, 2.75) is 45.4 Å². The molecule has 2 N–H and O–H groups in total. The molecule has 0 fully saturated rings. The Morgan fingerprint density at radius 2 is 2.11 bits per heavy atom. The molecule has 1 aromatic heterocycles. The van der Waals surface area contributed by atoms with Crippen LogP contribution in [0.2, 0.25) is 0 Å². The summed E-state index contributed by atoms with van der Waals surface area (Å²) in [4.78, 5) is 11.9. The molecule has 1 heterocycles. The van der Waals surface area contributed by atoms with Crippen molar-refractivity contribution in [3.05, 3.63) is 17.5 Å². The van der Waals surface area contributed by atoms with Crippen molar-refractivity contribution in [2.24, 2.45) is 0 Å². The van der Waals surface area contributed by atoms with E-state index in [1.165, 1.54) is 13.2 Å². The van der Waals surface area contributed by atoms with Crippen LogP contribution >= 0.6 is 0 Å². The number of nitrogens with zero attached hydrogens (tertiary/aromatic N) is 1. The van der Waals surface area contributed by atoms with E-state index in [-0.39, 0.29) is 12.3 Å². The third-order valence-corrected chi connectivity index (χ3v) is 3.03. The fourth-order valence-corrected chi connectivity index (χ4v) is 1.13. The molecule has 0 aliphatic carbocycles. The maximum absolute atomic E-state index is 11.9. The molecule has 0 aliphatic rings. The summed E-state index contributed by atoms with van der Waals surface area (Å²) in [6.07, 6.45) is 0. The quantitative estimate of drug-likeness (QED) is 0.824. The van der Waals surface area contributed by atoms with Crippen LogP contribution in [0.1, 0.15) is 43.9 Å². The zero-order valence-corrected chi connectivity index (χ0v) is 11.4. The number of methoxy groups -OCH3 is 1. The van der Waals surface area contributed by atoms with Crippen molar-refractivity contribution in [3.63, 3.8) is 0 Å². The first-order chi connectivity index (χ1) is 8.17. The third-order valence-electron chi connectivity index (χ3n) is 3.03. The number of ether oxygens (including phenoxy) is 1. The number of hydrogen-bond donors (Lipinski definition) is 2. The average Bonchev–Trinajstić information content (AvgIpc) is 2.64. The van der Waals surface area contributed by atoms with Crippen LogP contribution in [0.3, 0.4) is 0 Å². The average molecular weight is 256 g/mol. The van der Waals surface area contributed by atoms with E-state index in [1.54, 1.807) is 27.7 Å². The van der Waals surface area contributed by atoms with E-state index in [4.69, 9.17) is 9.26 Å². The molecular weight excluding hydrogens is 236 g/mol. The molecule has 0 saturated heterocycles. The summed E-state index contributed by atoms with van der Waals surface area (Å²) in [5.74, 6) is 0.0805. The molecule has 1 rings (SSSR count). The zero-order valence-electron chi connectivity index (χ0n) is 11.4. The second kappa shape index (κ2) is 5.07. The Morgan fingerprint density at radius 3 is 2.61 bits per heavy atom. The predicted octanol–water partition coefficient (Wildman–Crippen LogP) is 1.10. The summed E-state index contributed by atoms with van der Waals surface area (Å²) in [6.45, 7) is 7.00. The van der Waals surface area contributed by atoms with Gasteiger partial charge in [0.25, 0.3) is 5.91 Å². The minimum Gasteiger partial charge on any atom is -0.388 e. The molecule has 0 saturated carbocycles. The molecule has 18 heavy (non-hydrogen) atoms. The zero-order chi connectivity index (χ0) is 14.0. The van der Waals surface area contributed by atoms with Gasteiger partial charge in [-0.15, -0.1) is 0 Å². The van der Waals surface area contributed by atoms with Gasteiger partial charge in [-0.3, -0.25) is 4.79 Å². The van der Waals surface area contributed by atoms with Crippen molar-refractivity contribution in [3.8, 4) is 0 Å². The van der Waals surface area contributed by atoms with E-state index in [9.17, 15) is 9.90 Å². The maximum atomic E-state index is 11.9. The number of rotatable bonds is 5. The van der Waals surface area contributed by atoms with Crippen LogP contribution < -0.4 is 5.32 Å². The van der Waals surface area contributed by atoms with Gasteiger partial charge < -0.3 is 19.7 Å². The predicted molar refractivity (Wildman–Crippen MR) is 65.1 cm³/mol. The Hall–Kier alpha value is -1.40. The van der Waals surface area contributed by atoms with Crippen molar-refractivity contribution in [1.82, 2.24) is 10.5 Å². The monoisotopic (exact) mass is 256 g/mol. The Balaban J connectivity index is 2.76. The summed E-state index contributed by atoms with van der Waals surface area (Å²) in [5.41, 5.74) is -1.67. The van der Waals surface area contributed by atoms with Crippen LogP contribution in [-0.2, 0) is 11.3 Å². The van der Waals surface area contributed by atoms with Crippen LogP contribution in [0.25, 0.3) is 0 Å². The van der Waals surface area contributed by atoms with E-state index in [0.717, 1.165) is 0 Å². The molecule has 0 spiro atoms. The molecule has 0 unspecified atom stereocenters. The first-order valence-corrected chi connectivity index (χ1v) is 5.67. The van der Waals surface area contributed by atoms with Gasteiger partial charge in [0.05, 0.1) is 11.1 Å². The number of aliphatic hydroxyl groups is 1. The smallest absolute Gasteiger partial charge is 0.273 e. The normalized spacial score (nSPS) is 12.6. The minimum absolute atomic E-state index is 0.166. The molecule has 1 aromatic rings. The van der Waals surface area contributed by atoms with Crippen LogP contribution in [0.4, 0.5) is 0 Å². The highest BCUT2D eigenvalue weighted by atomic mass is 16.5. The lowest BCUT2D eigenvalue weighted by molar-refractivity contribution is -0.00309. The SMILES string of the molecule is COCc1cc(C(=O)NC(C)(C)C(C)(C)O)no1. The number of amides is 1. The Bertz CT molecular complexity index is 418. The number of aromatic nitrogens is 1. The lowest BCUT2D eigenvalue weighted by atomic mass is 9.86. The fourth-order valence-electron chi connectivity index (χ4n) is 1.13. The molecule has 6 heteroatoms. The van der Waals surface area contributed by atoms with Crippen molar-refractivity contribution in [1.29, 1.82) is 0 Å². The molecule has 0 aliphatic heterocycles. The van der Waals surface area contributed by atoms with Gasteiger partial charge in [-0.1, -0.05) is 5.16 Å². The van der Waals surface area contributed by atoms with Gasteiger partial charge in [-0.2, -0.15) is 0 Å². The molecular formula is C12H20N2O4. The van der Waals surface area contributed by atoms with Crippen LogP contribution in [0, 0.1) is 0 Å². The lowest BCUT2D eigenvalue weighted by Crippen LogP contribution is -2.57. The summed E-state index contributed by atoms with van der Waals surface area (Å²) in [6, 6.07) is 1.51. The van der Waals surface area contributed by atoms with Gasteiger partial charge in [0, 0.05) is 13.2 Å². The molecule has 1 amide bonds. The van der Waals surface area contributed by atoms with Gasteiger partial charge in [0.15, 0.2) is 11.5 Å². The number of nitrogens with one attached hydrogen (secondary N) is 1. The first kappa shape index (κ1) is 14.7. The van der Waals surface area contributed by atoms with Gasteiger partial charge in [-0.25, -0.2) is 0 Å². The summed E-state index contributed by atoms with van der Waals surface area (Å²) in [5, 5.41) is 16.3. The highest BCUT2D eigenvalue weighted by Gasteiger charge is 2.37. The van der Waals surface area contributed by atoms with Gasteiger partial charge in [0.1, 0.15) is 6.61 Å². The van der Waals surface area contributed by atoms with Gasteiger partial charge in [0.2, 0.25) is 0 Å². The largest absolute Gasteiger partial charge is 0.388 e. The second-order valence-electron chi connectivity index (χ2n) is 5.25. The number of hydrogen-bond acceptors (Lipinski definition) is 5. The van der Waals surface area contributed by atoms with Gasteiger partial charge >= 0.3 is 0 Å². The molecule has 0 aromatic carbocycles. The highest BCUT2D eigenvalue weighted by molar-refractivity contribution is 5.92. The maximum Gasteiger partial charge on any atom is 0.273 e. The van der Waals surface area contributed by atoms with Crippen LogP contribution in [0.5, 0.6) is 0 Å². The second-order valence-corrected chi connectivity index (χ2v) is 5.25.